The third-order valence-electron chi connectivity index (χ3n) is 2.60. The van der Waals surface area contributed by atoms with Crippen LogP contribution in [0.2, 0.25) is 0 Å². The van der Waals surface area contributed by atoms with Crippen molar-refractivity contribution in [3.63, 3.8) is 0 Å². The average molecular weight is 224 g/mol. The number of nitrogens with zero attached hydrogens (tertiary/aromatic N) is 1. The summed E-state index contributed by atoms with van der Waals surface area (Å²) in [6, 6.07) is 0. The summed E-state index contributed by atoms with van der Waals surface area (Å²) >= 11 is 0. The third-order valence-corrected chi connectivity index (χ3v) is 2.60. The van der Waals surface area contributed by atoms with Gasteiger partial charge in [-0.05, 0) is 27.7 Å². The molecule has 0 bridgehead atoms. The fraction of sp³-hybridized carbons (Fsp3) is 0.667. The predicted octanol–water partition coefficient (Wildman–Crippen LogP) is 1.08. The van der Waals surface area contributed by atoms with Crippen LogP contribution < -0.4 is 5.32 Å². The van der Waals surface area contributed by atoms with Crippen LogP contribution in [0.4, 0.5) is 0 Å². The molecule has 0 aromatic carbocycles. The standard InChI is InChI=1S/C12H20N2O2/c1-9(2)5-7-14-8-6-10(15)13-12(3,4)11(14)16/h5H,6-8H2,1-4H3,(H,13,15). The average Bonchev–Trinajstić information content (AvgIpc) is 2.23. The molecule has 0 spiro atoms. The lowest BCUT2D eigenvalue weighted by atomic mass is 10.0. The van der Waals surface area contributed by atoms with Crippen molar-refractivity contribution in [2.75, 3.05) is 13.1 Å². The van der Waals surface area contributed by atoms with Crippen molar-refractivity contribution in [3.05, 3.63) is 11.6 Å². The van der Waals surface area contributed by atoms with Crippen molar-refractivity contribution in [1.29, 1.82) is 0 Å². The van der Waals surface area contributed by atoms with Gasteiger partial charge in [0.1, 0.15) is 5.54 Å². The summed E-state index contributed by atoms with van der Waals surface area (Å²) in [7, 11) is 0. The number of rotatable bonds is 2. The van der Waals surface area contributed by atoms with Gasteiger partial charge >= 0.3 is 0 Å². The van der Waals surface area contributed by atoms with Crippen molar-refractivity contribution < 1.29 is 9.59 Å². The highest BCUT2D eigenvalue weighted by Gasteiger charge is 2.35. The lowest BCUT2D eigenvalue weighted by Crippen LogP contribution is -2.52. The van der Waals surface area contributed by atoms with E-state index in [1.807, 2.05) is 19.9 Å². The summed E-state index contributed by atoms with van der Waals surface area (Å²) in [5.41, 5.74) is 0.387. The van der Waals surface area contributed by atoms with E-state index >= 15 is 0 Å². The fourth-order valence-electron chi connectivity index (χ4n) is 1.66. The number of amides is 2. The molecule has 16 heavy (non-hydrogen) atoms. The highest BCUT2D eigenvalue weighted by atomic mass is 16.2. The molecule has 1 saturated heterocycles. The molecule has 1 aliphatic rings. The van der Waals surface area contributed by atoms with E-state index in [1.54, 1.807) is 18.7 Å². The number of carbonyl (C=O) groups is 2. The van der Waals surface area contributed by atoms with E-state index in [9.17, 15) is 9.59 Å². The van der Waals surface area contributed by atoms with E-state index in [4.69, 9.17) is 0 Å². The second kappa shape index (κ2) is 4.68. The molecule has 1 rings (SSSR count). The molecular weight excluding hydrogens is 204 g/mol. The maximum atomic E-state index is 12.1. The Bertz CT molecular complexity index is 328. The molecule has 1 aliphatic heterocycles. The fourth-order valence-corrected chi connectivity index (χ4v) is 1.66. The first-order valence-electron chi connectivity index (χ1n) is 5.56. The van der Waals surface area contributed by atoms with Gasteiger partial charge in [0, 0.05) is 19.5 Å². The number of hydrogen-bond acceptors (Lipinski definition) is 2. The smallest absolute Gasteiger partial charge is 0.248 e. The molecule has 2 amide bonds. The topological polar surface area (TPSA) is 49.4 Å². The van der Waals surface area contributed by atoms with Crippen molar-refractivity contribution in [3.8, 4) is 0 Å². The Morgan fingerprint density at radius 3 is 2.62 bits per heavy atom. The van der Waals surface area contributed by atoms with E-state index in [1.165, 1.54) is 5.57 Å². The first-order valence-corrected chi connectivity index (χ1v) is 5.56. The quantitative estimate of drug-likeness (QED) is 0.713. The second-order valence-electron chi connectivity index (χ2n) is 4.96. The zero-order valence-electron chi connectivity index (χ0n) is 10.5. The van der Waals surface area contributed by atoms with Gasteiger partial charge in [0.25, 0.3) is 0 Å². The maximum Gasteiger partial charge on any atom is 0.248 e. The Morgan fingerprint density at radius 2 is 2.06 bits per heavy atom. The van der Waals surface area contributed by atoms with Crippen molar-refractivity contribution in [1.82, 2.24) is 10.2 Å². The van der Waals surface area contributed by atoms with Gasteiger partial charge in [-0.25, -0.2) is 0 Å². The first-order chi connectivity index (χ1) is 7.33. The number of nitrogens with one attached hydrogen (secondary N) is 1. The van der Waals surface area contributed by atoms with Gasteiger partial charge < -0.3 is 10.2 Å². The summed E-state index contributed by atoms with van der Waals surface area (Å²) < 4.78 is 0. The lowest BCUT2D eigenvalue weighted by molar-refractivity contribution is -0.136. The van der Waals surface area contributed by atoms with Gasteiger partial charge in [0.2, 0.25) is 11.8 Å². The molecule has 0 aromatic rings. The second-order valence-corrected chi connectivity index (χ2v) is 4.96. The summed E-state index contributed by atoms with van der Waals surface area (Å²) in [6.07, 6.45) is 2.38. The Kier molecular flexibility index (Phi) is 3.73. The molecule has 0 aliphatic carbocycles. The van der Waals surface area contributed by atoms with Crippen molar-refractivity contribution in [2.45, 2.75) is 39.7 Å². The van der Waals surface area contributed by atoms with Crippen LogP contribution in [-0.2, 0) is 9.59 Å². The first kappa shape index (κ1) is 12.7. The molecule has 0 saturated carbocycles. The van der Waals surface area contributed by atoms with E-state index in [0.29, 0.717) is 19.5 Å². The zero-order chi connectivity index (χ0) is 12.3. The van der Waals surface area contributed by atoms with E-state index in [-0.39, 0.29) is 11.8 Å². The van der Waals surface area contributed by atoms with Crippen LogP contribution in [-0.4, -0.2) is 35.3 Å². The highest BCUT2D eigenvalue weighted by molar-refractivity contribution is 5.92. The van der Waals surface area contributed by atoms with Gasteiger partial charge in [-0.15, -0.1) is 0 Å². The molecule has 4 nitrogen and oxygen atoms in total. The minimum absolute atomic E-state index is 0.0177. The monoisotopic (exact) mass is 224 g/mol. The highest BCUT2D eigenvalue weighted by Crippen LogP contribution is 2.13. The van der Waals surface area contributed by atoms with E-state index in [0.717, 1.165) is 0 Å². The van der Waals surface area contributed by atoms with Crippen LogP contribution in [0.25, 0.3) is 0 Å². The van der Waals surface area contributed by atoms with Gasteiger partial charge in [-0.2, -0.15) is 0 Å². The molecule has 4 heteroatoms. The maximum absolute atomic E-state index is 12.1. The van der Waals surface area contributed by atoms with Crippen LogP contribution >= 0.6 is 0 Å². The van der Waals surface area contributed by atoms with Gasteiger partial charge in [0.05, 0.1) is 0 Å². The van der Waals surface area contributed by atoms with E-state index in [2.05, 4.69) is 5.32 Å². The minimum atomic E-state index is -0.789. The molecule has 1 N–H and O–H groups in total. The van der Waals surface area contributed by atoms with Crippen LogP contribution in [0.1, 0.15) is 34.1 Å². The van der Waals surface area contributed by atoms with Crippen molar-refractivity contribution in [2.24, 2.45) is 0 Å². The number of allylic oxidation sites excluding steroid dienone is 1. The van der Waals surface area contributed by atoms with Crippen LogP contribution in [0, 0.1) is 0 Å². The Labute approximate surface area is 96.7 Å². The molecule has 90 valence electrons. The molecule has 0 radical (unpaired) electrons. The largest absolute Gasteiger partial charge is 0.342 e. The van der Waals surface area contributed by atoms with E-state index < -0.39 is 5.54 Å². The Balaban J connectivity index is 2.81. The van der Waals surface area contributed by atoms with Crippen LogP contribution in [0.15, 0.2) is 11.6 Å². The molecule has 0 unspecified atom stereocenters. The summed E-state index contributed by atoms with van der Waals surface area (Å²) in [4.78, 5) is 25.3. The zero-order valence-corrected chi connectivity index (χ0v) is 10.5. The van der Waals surface area contributed by atoms with Gasteiger partial charge in [-0.3, -0.25) is 9.59 Å². The SMILES string of the molecule is CC(C)=CCN1CCC(=O)NC(C)(C)C1=O. The molecular formula is C12H20N2O2. The number of hydrogen-bond donors (Lipinski definition) is 1. The molecule has 1 fully saturated rings. The van der Waals surface area contributed by atoms with Crippen LogP contribution in [0.5, 0.6) is 0 Å². The predicted molar refractivity (Wildman–Crippen MR) is 62.8 cm³/mol. The van der Waals surface area contributed by atoms with Gasteiger partial charge in [-0.1, -0.05) is 11.6 Å². The molecule has 1 heterocycles. The third kappa shape index (κ3) is 3.08. The summed E-state index contributed by atoms with van der Waals surface area (Å²) in [5, 5.41) is 2.73. The molecule has 0 aromatic heterocycles. The molecule has 0 atom stereocenters. The Hall–Kier alpha value is -1.32. The Morgan fingerprint density at radius 1 is 1.44 bits per heavy atom. The number of carbonyl (C=O) groups excluding carboxylic acids is 2. The minimum Gasteiger partial charge on any atom is -0.342 e. The normalized spacial score (nSPS) is 20.1. The summed E-state index contributed by atoms with van der Waals surface area (Å²) in [6.45, 7) is 8.56. The lowest BCUT2D eigenvalue weighted by Gasteiger charge is -2.28. The van der Waals surface area contributed by atoms with Crippen LogP contribution in [0.3, 0.4) is 0 Å². The van der Waals surface area contributed by atoms with Gasteiger partial charge in [0.15, 0.2) is 0 Å². The van der Waals surface area contributed by atoms with Crippen molar-refractivity contribution >= 4 is 11.8 Å². The summed E-state index contributed by atoms with van der Waals surface area (Å²) in [5.74, 6) is -0.0751.